The van der Waals surface area contributed by atoms with Crippen molar-refractivity contribution in [2.45, 2.75) is 82.5 Å². The molecule has 0 aromatic heterocycles. The molecule has 3 N–H and O–H groups in total. The van der Waals surface area contributed by atoms with E-state index in [1.165, 1.54) is 0 Å². The van der Waals surface area contributed by atoms with Crippen LogP contribution in [0.4, 0.5) is 0 Å². The van der Waals surface area contributed by atoms with Crippen LogP contribution in [-0.2, 0) is 14.4 Å². The molecule has 10 heteroatoms. The Kier molecular flexibility index (Phi) is 12.6. The van der Waals surface area contributed by atoms with E-state index in [1.807, 2.05) is 9.80 Å². The number of carbonyl (C=O) groups excluding carboxylic acids is 2. The van der Waals surface area contributed by atoms with Crippen LogP contribution in [0.5, 0.6) is 0 Å². The predicted octanol–water partition coefficient (Wildman–Crippen LogP) is 0.754. The molecule has 0 spiro atoms. The molecular weight excluding hydrogens is 460 g/mol. The molecule has 2 heterocycles. The smallest absolute Gasteiger partial charge is 0.300 e. The second kappa shape index (κ2) is 14.9. The van der Waals surface area contributed by atoms with E-state index in [0.717, 1.165) is 84.5 Å². The minimum Gasteiger partial charge on any atom is -0.481 e. The minimum absolute atomic E-state index is 0.177. The normalized spacial score (nSPS) is 24.1. The Hall–Kier alpha value is -1.75. The molecule has 3 fully saturated rings. The maximum atomic E-state index is 13.2. The zero-order valence-corrected chi connectivity index (χ0v) is 23.2. The van der Waals surface area contributed by atoms with Crippen LogP contribution in [0.15, 0.2) is 0 Å². The highest BCUT2D eigenvalue weighted by atomic mass is 16.4. The molecule has 0 unspecified atom stereocenters. The molecule has 2 amide bonds. The van der Waals surface area contributed by atoms with Crippen molar-refractivity contribution >= 4 is 17.8 Å². The molecule has 208 valence electrons. The van der Waals surface area contributed by atoms with Crippen LogP contribution >= 0.6 is 0 Å². The molecule has 36 heavy (non-hydrogen) atoms. The Balaban J connectivity index is 0.00000106. The van der Waals surface area contributed by atoms with Crippen molar-refractivity contribution in [1.29, 1.82) is 0 Å². The quantitative estimate of drug-likeness (QED) is 0.516. The Morgan fingerprint density at radius 1 is 0.694 bits per heavy atom. The SMILES string of the molecule is CC(=O)O.CN(C)C1CCN(C(=O)CN(CC(=O)N2CCC(N(C)C)CC2)C2CCC(N)CC2)CC1. The third kappa shape index (κ3) is 9.95. The zero-order chi connectivity index (χ0) is 26.8. The number of likely N-dealkylation sites (tertiary alicyclic amines) is 2. The van der Waals surface area contributed by atoms with Crippen LogP contribution in [0.2, 0.25) is 0 Å². The number of nitrogens with two attached hydrogens (primary N) is 1. The van der Waals surface area contributed by atoms with E-state index in [0.29, 0.717) is 25.2 Å². The lowest BCUT2D eigenvalue weighted by atomic mass is 9.90. The number of piperidine rings is 2. The number of hydrogen-bond donors (Lipinski definition) is 2. The Bertz CT molecular complexity index is 649. The first-order valence-corrected chi connectivity index (χ1v) is 13.6. The zero-order valence-electron chi connectivity index (χ0n) is 23.2. The number of rotatable bonds is 7. The molecule has 0 atom stereocenters. The summed E-state index contributed by atoms with van der Waals surface area (Å²) in [5.74, 6) is -0.479. The second-order valence-electron chi connectivity index (χ2n) is 11.1. The van der Waals surface area contributed by atoms with Gasteiger partial charge in [-0.1, -0.05) is 0 Å². The maximum absolute atomic E-state index is 13.2. The van der Waals surface area contributed by atoms with Gasteiger partial charge in [0.05, 0.1) is 13.1 Å². The molecule has 3 aliphatic rings. The van der Waals surface area contributed by atoms with E-state index >= 15 is 0 Å². The van der Waals surface area contributed by atoms with Gasteiger partial charge in [0, 0.05) is 57.3 Å². The van der Waals surface area contributed by atoms with Gasteiger partial charge in [0.25, 0.3) is 5.97 Å². The number of hydrogen-bond acceptors (Lipinski definition) is 7. The molecule has 0 radical (unpaired) electrons. The summed E-state index contributed by atoms with van der Waals surface area (Å²) >= 11 is 0. The summed E-state index contributed by atoms with van der Waals surface area (Å²) in [6, 6.07) is 1.65. The fourth-order valence-electron chi connectivity index (χ4n) is 5.59. The third-order valence-corrected chi connectivity index (χ3v) is 8.03. The van der Waals surface area contributed by atoms with Crippen LogP contribution in [0, 0.1) is 0 Å². The Labute approximate surface area is 217 Å². The molecular formula is C26H50N6O4. The van der Waals surface area contributed by atoms with Crippen molar-refractivity contribution in [2.75, 3.05) is 67.5 Å². The van der Waals surface area contributed by atoms with Gasteiger partial charge in [-0.2, -0.15) is 0 Å². The largest absolute Gasteiger partial charge is 0.481 e. The first-order valence-electron chi connectivity index (χ1n) is 13.6. The number of aliphatic carboxylic acids is 1. The molecule has 0 aromatic carbocycles. The van der Waals surface area contributed by atoms with E-state index in [4.69, 9.17) is 15.6 Å². The molecule has 0 aromatic rings. The lowest BCUT2D eigenvalue weighted by Crippen LogP contribution is -2.53. The van der Waals surface area contributed by atoms with E-state index < -0.39 is 5.97 Å². The Morgan fingerprint density at radius 2 is 1.03 bits per heavy atom. The van der Waals surface area contributed by atoms with Gasteiger partial charge in [-0.3, -0.25) is 19.3 Å². The molecule has 1 saturated carbocycles. The van der Waals surface area contributed by atoms with Crippen LogP contribution in [0.1, 0.15) is 58.3 Å². The number of carboxylic acid groups (broad SMARTS) is 1. The number of carboxylic acids is 1. The van der Waals surface area contributed by atoms with E-state index in [9.17, 15) is 9.59 Å². The lowest BCUT2D eigenvalue weighted by molar-refractivity contribution is -0.139. The van der Waals surface area contributed by atoms with Gasteiger partial charge in [-0.15, -0.1) is 0 Å². The van der Waals surface area contributed by atoms with Crippen LogP contribution in [0.25, 0.3) is 0 Å². The van der Waals surface area contributed by atoms with Crippen molar-refractivity contribution in [1.82, 2.24) is 24.5 Å². The van der Waals surface area contributed by atoms with Crippen LogP contribution < -0.4 is 5.73 Å². The standard InChI is InChI=1S/C24H46N6O2.C2H4O2/c1-26(2)20-9-13-28(14-10-20)23(31)17-30(22-7-5-19(25)6-8-22)18-24(32)29-15-11-21(12-16-29)27(3)4;1-2(3)4/h19-22H,5-18,25H2,1-4H3;1H3,(H,3,4). The maximum Gasteiger partial charge on any atom is 0.300 e. The predicted molar refractivity (Wildman–Crippen MR) is 142 cm³/mol. The van der Waals surface area contributed by atoms with Crippen molar-refractivity contribution in [3.05, 3.63) is 0 Å². The van der Waals surface area contributed by atoms with Gasteiger partial charge >= 0.3 is 0 Å². The summed E-state index contributed by atoms with van der Waals surface area (Å²) in [6.07, 6.45) is 8.01. The molecule has 10 nitrogen and oxygen atoms in total. The molecule has 1 aliphatic carbocycles. The van der Waals surface area contributed by atoms with Crippen LogP contribution in [-0.4, -0.2) is 139 Å². The fraction of sp³-hybridized carbons (Fsp3) is 0.885. The van der Waals surface area contributed by atoms with Gasteiger partial charge in [-0.05, 0) is 79.6 Å². The minimum atomic E-state index is -0.833. The van der Waals surface area contributed by atoms with Gasteiger partial charge < -0.3 is 30.4 Å². The van der Waals surface area contributed by atoms with Crippen molar-refractivity contribution < 1.29 is 19.5 Å². The Morgan fingerprint density at radius 3 is 1.33 bits per heavy atom. The molecule has 0 bridgehead atoms. The summed E-state index contributed by atoms with van der Waals surface area (Å²) in [4.78, 5) is 46.1. The number of amides is 2. The van der Waals surface area contributed by atoms with E-state index in [1.54, 1.807) is 0 Å². The number of carbonyl (C=O) groups is 3. The highest BCUT2D eigenvalue weighted by Crippen LogP contribution is 2.23. The average Bonchev–Trinajstić information content (AvgIpc) is 2.83. The second-order valence-corrected chi connectivity index (χ2v) is 11.1. The lowest BCUT2D eigenvalue weighted by Gasteiger charge is -2.40. The first-order chi connectivity index (χ1) is 17.0. The molecule has 3 rings (SSSR count). The van der Waals surface area contributed by atoms with Gasteiger partial charge in [0.15, 0.2) is 0 Å². The topological polar surface area (TPSA) is 114 Å². The monoisotopic (exact) mass is 510 g/mol. The van der Waals surface area contributed by atoms with Gasteiger partial charge in [-0.25, -0.2) is 0 Å². The van der Waals surface area contributed by atoms with Gasteiger partial charge in [0.2, 0.25) is 11.8 Å². The van der Waals surface area contributed by atoms with Crippen molar-refractivity contribution in [3.63, 3.8) is 0 Å². The summed E-state index contributed by atoms with van der Waals surface area (Å²) < 4.78 is 0. The summed E-state index contributed by atoms with van der Waals surface area (Å²) in [7, 11) is 8.46. The average molecular weight is 511 g/mol. The summed E-state index contributed by atoms with van der Waals surface area (Å²) in [5.41, 5.74) is 6.13. The number of nitrogens with zero attached hydrogens (tertiary/aromatic N) is 5. The molecule has 2 aliphatic heterocycles. The molecule has 2 saturated heterocycles. The highest BCUT2D eigenvalue weighted by Gasteiger charge is 2.32. The van der Waals surface area contributed by atoms with Crippen LogP contribution in [0.3, 0.4) is 0 Å². The first kappa shape index (κ1) is 30.5. The third-order valence-electron chi connectivity index (χ3n) is 8.03. The fourth-order valence-corrected chi connectivity index (χ4v) is 5.59. The van der Waals surface area contributed by atoms with Crippen molar-refractivity contribution in [3.8, 4) is 0 Å². The van der Waals surface area contributed by atoms with Crippen molar-refractivity contribution in [2.24, 2.45) is 5.73 Å². The van der Waals surface area contributed by atoms with E-state index in [2.05, 4.69) is 42.9 Å². The van der Waals surface area contributed by atoms with E-state index in [-0.39, 0.29) is 23.9 Å². The summed E-state index contributed by atoms with van der Waals surface area (Å²) in [6.45, 7) is 5.06. The highest BCUT2D eigenvalue weighted by molar-refractivity contribution is 5.81. The summed E-state index contributed by atoms with van der Waals surface area (Å²) in [5, 5.41) is 7.42. The van der Waals surface area contributed by atoms with Gasteiger partial charge in [0.1, 0.15) is 0 Å².